The number of carbonyl (C=O) groups is 1. The Morgan fingerprint density at radius 2 is 1.89 bits per heavy atom. The van der Waals surface area contributed by atoms with E-state index >= 15 is 0 Å². The Bertz CT molecular complexity index is 1320. The van der Waals surface area contributed by atoms with Crippen LogP contribution in [0.4, 0.5) is 14.6 Å². The Morgan fingerprint density at radius 3 is 2.61 bits per heavy atom. The van der Waals surface area contributed by atoms with E-state index in [1.807, 2.05) is 13.8 Å². The molecule has 36 heavy (non-hydrogen) atoms. The minimum absolute atomic E-state index is 0.0338. The van der Waals surface area contributed by atoms with Crippen molar-refractivity contribution in [3.63, 3.8) is 0 Å². The minimum atomic E-state index is -0.750. The number of ether oxygens (including phenoxy) is 1. The highest BCUT2D eigenvalue weighted by Crippen LogP contribution is 2.37. The first kappa shape index (κ1) is 26.1. The van der Waals surface area contributed by atoms with Crippen molar-refractivity contribution in [3.8, 4) is 16.9 Å². The van der Waals surface area contributed by atoms with E-state index in [1.165, 1.54) is 30.5 Å². The van der Waals surface area contributed by atoms with E-state index in [0.717, 1.165) is 0 Å². The zero-order valence-electron chi connectivity index (χ0n) is 20.0. The van der Waals surface area contributed by atoms with Gasteiger partial charge in [-0.2, -0.15) is 0 Å². The number of pyridine rings is 1. The van der Waals surface area contributed by atoms with Crippen molar-refractivity contribution in [2.75, 3.05) is 25.4 Å². The SMILES string of the molecule is CC(Oc1cc(-c2ccc(F)c(C(=O)N3CCNCC3(C)C)c2)cnc1N)c1c(Cl)ccc(F)c1Cl. The summed E-state index contributed by atoms with van der Waals surface area (Å²) in [5.74, 6) is -1.32. The number of amides is 1. The molecule has 0 saturated carbocycles. The monoisotopic (exact) mass is 534 g/mol. The minimum Gasteiger partial charge on any atom is -0.482 e. The van der Waals surface area contributed by atoms with E-state index in [9.17, 15) is 13.6 Å². The van der Waals surface area contributed by atoms with Crippen LogP contribution in [0.2, 0.25) is 10.0 Å². The molecule has 1 unspecified atom stereocenters. The van der Waals surface area contributed by atoms with Crippen molar-refractivity contribution in [2.45, 2.75) is 32.4 Å². The molecule has 1 aromatic heterocycles. The average molecular weight is 535 g/mol. The summed E-state index contributed by atoms with van der Waals surface area (Å²) in [6, 6.07) is 8.49. The second kappa shape index (κ2) is 10.2. The first-order valence-corrected chi connectivity index (χ1v) is 12.1. The molecule has 1 amide bonds. The molecule has 4 rings (SSSR count). The number of carbonyl (C=O) groups excluding carboxylic acids is 1. The van der Waals surface area contributed by atoms with E-state index in [4.69, 9.17) is 33.7 Å². The van der Waals surface area contributed by atoms with Gasteiger partial charge < -0.3 is 20.7 Å². The molecule has 0 spiro atoms. The van der Waals surface area contributed by atoms with Gasteiger partial charge in [-0.15, -0.1) is 0 Å². The summed E-state index contributed by atoms with van der Waals surface area (Å²) >= 11 is 12.3. The molecule has 10 heteroatoms. The van der Waals surface area contributed by atoms with Gasteiger partial charge in [-0.1, -0.05) is 29.3 Å². The molecular weight excluding hydrogens is 509 g/mol. The number of hydrogen-bond acceptors (Lipinski definition) is 5. The molecule has 1 saturated heterocycles. The standard InChI is InChI=1S/C26H26Cl2F2N4O2/c1-14(22-18(27)5-7-20(30)23(22)28)36-21-11-16(12-33-24(21)31)15-4-6-19(29)17(10-15)25(35)34-9-8-32-13-26(34,2)3/h4-7,10-12,14,32H,8-9,13H2,1-3H3,(H2,31,33). The third-order valence-corrected chi connectivity index (χ3v) is 6.96. The topological polar surface area (TPSA) is 80.5 Å². The molecule has 0 aliphatic carbocycles. The lowest BCUT2D eigenvalue weighted by atomic mass is 9.97. The van der Waals surface area contributed by atoms with Gasteiger partial charge in [0.15, 0.2) is 11.6 Å². The van der Waals surface area contributed by atoms with Crippen LogP contribution in [0.15, 0.2) is 42.6 Å². The van der Waals surface area contributed by atoms with E-state index in [2.05, 4.69) is 10.3 Å². The van der Waals surface area contributed by atoms with Gasteiger partial charge in [0, 0.05) is 42.0 Å². The highest BCUT2D eigenvalue weighted by atomic mass is 35.5. The van der Waals surface area contributed by atoms with Gasteiger partial charge in [0.25, 0.3) is 5.91 Å². The maximum Gasteiger partial charge on any atom is 0.257 e. The van der Waals surface area contributed by atoms with Gasteiger partial charge in [0.05, 0.1) is 16.1 Å². The third-order valence-electron chi connectivity index (χ3n) is 6.25. The molecule has 0 bridgehead atoms. The Morgan fingerprint density at radius 1 is 1.17 bits per heavy atom. The van der Waals surface area contributed by atoms with E-state index in [1.54, 1.807) is 24.0 Å². The number of hydrogen-bond donors (Lipinski definition) is 2. The highest BCUT2D eigenvalue weighted by Gasteiger charge is 2.34. The van der Waals surface area contributed by atoms with Gasteiger partial charge in [0.2, 0.25) is 0 Å². The van der Waals surface area contributed by atoms with Gasteiger partial charge in [0.1, 0.15) is 17.7 Å². The molecule has 190 valence electrons. The van der Waals surface area contributed by atoms with Gasteiger partial charge in [-0.3, -0.25) is 4.79 Å². The van der Waals surface area contributed by atoms with Crippen LogP contribution in [0.3, 0.4) is 0 Å². The van der Waals surface area contributed by atoms with Crippen molar-refractivity contribution in [3.05, 3.63) is 75.4 Å². The Labute approximate surface area is 218 Å². The Kier molecular flexibility index (Phi) is 7.41. The Balaban J connectivity index is 1.66. The fourth-order valence-corrected chi connectivity index (χ4v) is 4.92. The number of nitrogen functional groups attached to an aromatic ring is 1. The highest BCUT2D eigenvalue weighted by molar-refractivity contribution is 6.36. The predicted octanol–water partition coefficient (Wildman–Crippen LogP) is 5.88. The van der Waals surface area contributed by atoms with Crippen LogP contribution in [0, 0.1) is 11.6 Å². The lowest BCUT2D eigenvalue weighted by Gasteiger charge is -2.42. The Hall–Kier alpha value is -2.94. The number of piperazine rings is 1. The molecule has 1 atom stereocenters. The van der Waals surface area contributed by atoms with Crippen LogP contribution in [0.1, 0.15) is 42.8 Å². The normalized spacial score (nSPS) is 16.0. The molecule has 2 aromatic carbocycles. The molecule has 3 aromatic rings. The van der Waals surface area contributed by atoms with Crippen LogP contribution in [-0.2, 0) is 0 Å². The number of aromatic nitrogens is 1. The summed E-state index contributed by atoms with van der Waals surface area (Å²) in [5, 5.41) is 3.35. The lowest BCUT2D eigenvalue weighted by molar-refractivity contribution is 0.0473. The van der Waals surface area contributed by atoms with Crippen molar-refractivity contribution < 1.29 is 18.3 Å². The fourth-order valence-electron chi connectivity index (χ4n) is 4.25. The fraction of sp³-hybridized carbons (Fsp3) is 0.308. The van der Waals surface area contributed by atoms with Crippen LogP contribution < -0.4 is 15.8 Å². The zero-order valence-corrected chi connectivity index (χ0v) is 21.6. The second-order valence-electron chi connectivity index (χ2n) is 9.26. The molecule has 1 aliphatic heterocycles. The summed E-state index contributed by atoms with van der Waals surface area (Å²) in [7, 11) is 0. The number of nitrogens with two attached hydrogens (primary N) is 1. The molecule has 1 aliphatic rings. The van der Waals surface area contributed by atoms with Crippen LogP contribution in [-0.4, -0.2) is 41.0 Å². The number of benzene rings is 2. The largest absolute Gasteiger partial charge is 0.482 e. The average Bonchev–Trinajstić information content (AvgIpc) is 2.83. The van der Waals surface area contributed by atoms with E-state index in [-0.39, 0.29) is 38.6 Å². The van der Waals surface area contributed by atoms with Crippen molar-refractivity contribution >= 4 is 34.9 Å². The second-order valence-corrected chi connectivity index (χ2v) is 10.1. The summed E-state index contributed by atoms with van der Waals surface area (Å²) in [5.41, 5.74) is 6.91. The van der Waals surface area contributed by atoms with E-state index < -0.39 is 23.3 Å². The molecule has 3 N–H and O–H groups in total. The summed E-state index contributed by atoms with van der Waals surface area (Å²) < 4.78 is 34.7. The molecule has 0 radical (unpaired) electrons. The predicted molar refractivity (Wildman–Crippen MR) is 137 cm³/mol. The quantitative estimate of drug-likeness (QED) is 0.399. The molecular formula is C26H26Cl2F2N4O2. The van der Waals surface area contributed by atoms with Gasteiger partial charge in [-0.05, 0) is 56.7 Å². The van der Waals surface area contributed by atoms with Gasteiger partial charge in [-0.25, -0.2) is 13.8 Å². The summed E-state index contributed by atoms with van der Waals surface area (Å²) in [4.78, 5) is 19.1. The number of rotatable bonds is 5. The maximum atomic E-state index is 14.8. The molecule has 1 fully saturated rings. The third kappa shape index (κ3) is 5.12. The van der Waals surface area contributed by atoms with Crippen LogP contribution in [0.25, 0.3) is 11.1 Å². The van der Waals surface area contributed by atoms with Crippen molar-refractivity contribution in [1.82, 2.24) is 15.2 Å². The van der Waals surface area contributed by atoms with Gasteiger partial charge >= 0.3 is 0 Å². The first-order chi connectivity index (χ1) is 17.0. The number of nitrogens with zero attached hydrogens (tertiary/aromatic N) is 2. The maximum absolute atomic E-state index is 14.8. The van der Waals surface area contributed by atoms with Crippen molar-refractivity contribution in [1.29, 1.82) is 0 Å². The number of nitrogens with one attached hydrogen (secondary N) is 1. The van der Waals surface area contributed by atoms with E-state index in [0.29, 0.717) is 30.8 Å². The first-order valence-electron chi connectivity index (χ1n) is 11.4. The van der Waals surface area contributed by atoms with Crippen molar-refractivity contribution in [2.24, 2.45) is 0 Å². The summed E-state index contributed by atoms with van der Waals surface area (Å²) in [6.07, 6.45) is 0.756. The smallest absolute Gasteiger partial charge is 0.257 e. The number of anilines is 1. The zero-order chi connectivity index (χ0) is 26.2. The molecule has 6 nitrogen and oxygen atoms in total. The number of halogens is 4. The lowest BCUT2D eigenvalue weighted by Crippen LogP contribution is -2.59. The van der Waals surface area contributed by atoms with Crippen LogP contribution >= 0.6 is 23.2 Å². The van der Waals surface area contributed by atoms with Crippen LogP contribution in [0.5, 0.6) is 5.75 Å². The molecule has 2 heterocycles. The summed E-state index contributed by atoms with van der Waals surface area (Å²) in [6.45, 7) is 7.24.